The van der Waals surface area contributed by atoms with Crippen molar-refractivity contribution in [1.82, 2.24) is 9.38 Å². The standard InChI is InChI=1S/C14H9N3O/c1-8-9(2)14(18)17-12-6-4-3-5-11(12)16-13(17)10(8)7-15/h3-6H,2H2,1H3. The molecule has 18 heavy (non-hydrogen) atoms. The van der Waals surface area contributed by atoms with Crippen molar-refractivity contribution in [1.29, 1.82) is 5.26 Å². The summed E-state index contributed by atoms with van der Waals surface area (Å²) in [5, 5.41) is 9.57. The smallest absolute Gasteiger partial charge is 0.263 e. The third-order valence-corrected chi connectivity index (χ3v) is 3.19. The van der Waals surface area contributed by atoms with E-state index in [-0.39, 0.29) is 5.56 Å². The minimum absolute atomic E-state index is 0.213. The molecule has 0 aliphatic heterocycles. The minimum atomic E-state index is -0.213. The zero-order chi connectivity index (χ0) is 12.9. The predicted octanol–water partition coefficient (Wildman–Crippen LogP) is 1.16. The van der Waals surface area contributed by atoms with E-state index in [4.69, 9.17) is 0 Å². The Morgan fingerprint density at radius 2 is 2.11 bits per heavy atom. The van der Waals surface area contributed by atoms with Crippen LogP contribution >= 0.6 is 0 Å². The topological polar surface area (TPSA) is 58.2 Å². The third kappa shape index (κ3) is 1.13. The Morgan fingerprint density at radius 3 is 2.83 bits per heavy atom. The molecule has 4 heteroatoms. The first-order valence-electron chi connectivity index (χ1n) is 5.48. The van der Waals surface area contributed by atoms with Crippen LogP contribution in [0, 0.1) is 18.3 Å². The van der Waals surface area contributed by atoms with E-state index in [0.717, 1.165) is 0 Å². The summed E-state index contributed by atoms with van der Waals surface area (Å²) in [5.74, 6) is 0. The summed E-state index contributed by atoms with van der Waals surface area (Å²) in [6.07, 6.45) is 0. The highest BCUT2D eigenvalue weighted by atomic mass is 16.1. The molecule has 0 radical (unpaired) electrons. The molecule has 0 spiro atoms. The Bertz CT molecular complexity index is 932. The monoisotopic (exact) mass is 235 g/mol. The molecule has 2 heterocycles. The van der Waals surface area contributed by atoms with Crippen molar-refractivity contribution in [2.45, 2.75) is 6.92 Å². The van der Waals surface area contributed by atoms with Crippen LogP contribution in [0.25, 0.3) is 23.3 Å². The molecule has 3 rings (SSSR count). The van der Waals surface area contributed by atoms with Crippen LogP contribution in [0.2, 0.25) is 0 Å². The van der Waals surface area contributed by atoms with Crippen LogP contribution in [0.5, 0.6) is 0 Å². The molecule has 0 N–H and O–H groups in total. The number of hydrogen-bond donors (Lipinski definition) is 0. The quantitative estimate of drug-likeness (QED) is 0.587. The van der Waals surface area contributed by atoms with Crippen molar-refractivity contribution in [3.8, 4) is 6.07 Å². The maximum Gasteiger partial charge on any atom is 0.263 e. The fourth-order valence-electron chi connectivity index (χ4n) is 2.15. The van der Waals surface area contributed by atoms with E-state index in [1.807, 2.05) is 24.3 Å². The number of hydrogen-bond acceptors (Lipinski definition) is 3. The van der Waals surface area contributed by atoms with Crippen LogP contribution in [-0.2, 0) is 0 Å². The van der Waals surface area contributed by atoms with Crippen molar-refractivity contribution >= 4 is 23.3 Å². The second-order valence-corrected chi connectivity index (χ2v) is 4.16. The number of fused-ring (bicyclic) bond motifs is 3. The fraction of sp³-hybridized carbons (Fsp3) is 0.0714. The van der Waals surface area contributed by atoms with Gasteiger partial charge in [-0.15, -0.1) is 0 Å². The largest absolute Gasteiger partial charge is 0.268 e. The molecule has 2 aromatic heterocycles. The molecule has 1 aromatic carbocycles. The average Bonchev–Trinajstić information content (AvgIpc) is 2.76. The molecular weight excluding hydrogens is 226 g/mol. The van der Waals surface area contributed by atoms with Gasteiger partial charge in [-0.3, -0.25) is 9.20 Å². The predicted molar refractivity (Wildman–Crippen MR) is 69.2 cm³/mol. The van der Waals surface area contributed by atoms with E-state index in [2.05, 4.69) is 17.6 Å². The molecule has 0 fully saturated rings. The van der Waals surface area contributed by atoms with Crippen LogP contribution < -0.4 is 10.8 Å². The summed E-state index contributed by atoms with van der Waals surface area (Å²) in [4.78, 5) is 16.6. The average molecular weight is 235 g/mol. The number of imidazole rings is 1. The van der Waals surface area contributed by atoms with Crippen LogP contribution in [0.3, 0.4) is 0 Å². The van der Waals surface area contributed by atoms with Crippen LogP contribution in [0.4, 0.5) is 0 Å². The molecule has 0 unspecified atom stereocenters. The van der Waals surface area contributed by atoms with Gasteiger partial charge in [0.05, 0.1) is 16.6 Å². The van der Waals surface area contributed by atoms with Crippen molar-refractivity contribution in [2.75, 3.05) is 0 Å². The highest BCUT2D eigenvalue weighted by Gasteiger charge is 2.14. The van der Waals surface area contributed by atoms with Gasteiger partial charge in [-0.25, -0.2) is 4.98 Å². The lowest BCUT2D eigenvalue weighted by Gasteiger charge is -2.00. The van der Waals surface area contributed by atoms with Gasteiger partial charge in [0, 0.05) is 5.22 Å². The number of nitrogens with zero attached hydrogens (tertiary/aromatic N) is 3. The van der Waals surface area contributed by atoms with Gasteiger partial charge < -0.3 is 0 Å². The summed E-state index contributed by atoms with van der Waals surface area (Å²) >= 11 is 0. The van der Waals surface area contributed by atoms with Gasteiger partial charge in [-0.2, -0.15) is 5.26 Å². The second-order valence-electron chi connectivity index (χ2n) is 4.16. The molecule has 3 aromatic rings. The Morgan fingerprint density at radius 1 is 1.39 bits per heavy atom. The lowest BCUT2D eigenvalue weighted by atomic mass is 10.1. The second kappa shape index (κ2) is 3.41. The van der Waals surface area contributed by atoms with E-state index in [0.29, 0.717) is 33.0 Å². The molecule has 0 saturated heterocycles. The molecule has 0 amide bonds. The summed E-state index contributed by atoms with van der Waals surface area (Å²) in [6, 6.07) is 9.43. The van der Waals surface area contributed by atoms with Gasteiger partial charge in [0.1, 0.15) is 6.07 Å². The van der Waals surface area contributed by atoms with E-state index < -0.39 is 0 Å². The molecular formula is C14H9N3O. The van der Waals surface area contributed by atoms with E-state index in [1.54, 1.807) is 6.92 Å². The Kier molecular flexibility index (Phi) is 1.99. The molecule has 0 aliphatic carbocycles. The van der Waals surface area contributed by atoms with Crippen LogP contribution in [0.15, 0.2) is 29.1 Å². The summed E-state index contributed by atoms with van der Waals surface area (Å²) in [5.41, 5.74) is 2.62. The highest BCUT2D eigenvalue weighted by Crippen LogP contribution is 2.17. The molecule has 0 atom stereocenters. The number of pyridine rings is 1. The van der Waals surface area contributed by atoms with E-state index in [1.165, 1.54) is 4.40 Å². The third-order valence-electron chi connectivity index (χ3n) is 3.19. The van der Waals surface area contributed by atoms with Gasteiger partial charge in [0.25, 0.3) is 5.56 Å². The summed E-state index contributed by atoms with van der Waals surface area (Å²) in [6.45, 7) is 5.48. The first-order chi connectivity index (χ1) is 8.65. The van der Waals surface area contributed by atoms with E-state index in [9.17, 15) is 10.1 Å². The van der Waals surface area contributed by atoms with Gasteiger partial charge in [0.2, 0.25) is 0 Å². The number of para-hydroxylation sites is 2. The molecule has 4 nitrogen and oxygen atoms in total. The molecule has 86 valence electrons. The zero-order valence-corrected chi connectivity index (χ0v) is 9.77. The molecule has 0 bridgehead atoms. The van der Waals surface area contributed by atoms with Gasteiger partial charge in [-0.05, 0) is 24.6 Å². The first kappa shape index (κ1) is 10.5. The Labute approximate surface area is 102 Å². The summed E-state index contributed by atoms with van der Waals surface area (Å²) in [7, 11) is 0. The van der Waals surface area contributed by atoms with Crippen molar-refractivity contribution in [3.05, 3.63) is 51.0 Å². The van der Waals surface area contributed by atoms with Gasteiger partial charge in [-0.1, -0.05) is 18.7 Å². The number of nitriles is 1. The van der Waals surface area contributed by atoms with E-state index >= 15 is 0 Å². The zero-order valence-electron chi connectivity index (χ0n) is 9.77. The van der Waals surface area contributed by atoms with Crippen molar-refractivity contribution in [3.63, 3.8) is 0 Å². The summed E-state index contributed by atoms with van der Waals surface area (Å²) < 4.78 is 1.46. The molecule has 0 saturated carbocycles. The van der Waals surface area contributed by atoms with Crippen molar-refractivity contribution < 1.29 is 0 Å². The van der Waals surface area contributed by atoms with Crippen LogP contribution in [-0.4, -0.2) is 9.38 Å². The van der Waals surface area contributed by atoms with Gasteiger partial charge in [0.15, 0.2) is 5.65 Å². The number of rotatable bonds is 0. The van der Waals surface area contributed by atoms with Crippen molar-refractivity contribution in [2.24, 2.45) is 0 Å². The highest BCUT2D eigenvalue weighted by molar-refractivity contribution is 5.82. The number of benzene rings is 1. The Balaban J connectivity index is 2.79. The van der Waals surface area contributed by atoms with Crippen LogP contribution in [0.1, 0.15) is 11.1 Å². The SMILES string of the molecule is C=c1c(C)c(C#N)c2nc3ccccc3n2c1=O. The Hall–Kier alpha value is -2.67. The fourth-order valence-corrected chi connectivity index (χ4v) is 2.15. The first-order valence-corrected chi connectivity index (χ1v) is 5.48. The maximum atomic E-state index is 12.2. The lowest BCUT2D eigenvalue weighted by Crippen LogP contribution is -2.32. The normalized spacial score (nSPS) is 10.9. The molecule has 0 aliphatic rings. The minimum Gasteiger partial charge on any atom is -0.268 e. The lowest BCUT2D eigenvalue weighted by molar-refractivity contribution is 1.10. The van der Waals surface area contributed by atoms with Gasteiger partial charge >= 0.3 is 0 Å². The number of aromatic nitrogens is 2. The maximum absolute atomic E-state index is 12.2.